The molecular formula is C22H30N2O4S. The molecule has 0 fully saturated rings. The summed E-state index contributed by atoms with van der Waals surface area (Å²) in [5, 5.41) is 2.93. The molecule has 6 nitrogen and oxygen atoms in total. The van der Waals surface area contributed by atoms with Gasteiger partial charge in [0.1, 0.15) is 11.8 Å². The van der Waals surface area contributed by atoms with E-state index < -0.39 is 16.1 Å². The third kappa shape index (κ3) is 5.73. The lowest BCUT2D eigenvalue weighted by molar-refractivity contribution is -0.117. The first-order chi connectivity index (χ1) is 13.7. The van der Waals surface area contributed by atoms with Crippen molar-refractivity contribution >= 4 is 27.3 Å². The van der Waals surface area contributed by atoms with Crippen LogP contribution in [0.25, 0.3) is 0 Å². The summed E-state index contributed by atoms with van der Waals surface area (Å²) in [6.07, 6.45) is 1.44. The second-order valence-corrected chi connectivity index (χ2v) is 9.00. The van der Waals surface area contributed by atoms with E-state index in [2.05, 4.69) is 5.32 Å². The fourth-order valence-electron chi connectivity index (χ4n) is 3.25. The summed E-state index contributed by atoms with van der Waals surface area (Å²) >= 11 is 0. The number of nitrogens with one attached hydrogen (secondary N) is 1. The highest BCUT2D eigenvalue weighted by Gasteiger charge is 2.32. The molecular weight excluding hydrogens is 388 g/mol. The molecule has 0 aliphatic rings. The van der Waals surface area contributed by atoms with E-state index in [4.69, 9.17) is 4.74 Å². The summed E-state index contributed by atoms with van der Waals surface area (Å²) in [7, 11) is -3.69. The number of benzene rings is 2. The van der Waals surface area contributed by atoms with Crippen molar-refractivity contribution in [2.24, 2.45) is 0 Å². The summed E-state index contributed by atoms with van der Waals surface area (Å²) in [5.41, 5.74) is 2.13. The highest BCUT2D eigenvalue weighted by Crippen LogP contribution is 2.28. The van der Waals surface area contributed by atoms with Crippen LogP contribution in [-0.4, -0.2) is 33.2 Å². The number of anilines is 2. The second-order valence-electron chi connectivity index (χ2n) is 7.14. The highest BCUT2D eigenvalue weighted by molar-refractivity contribution is 7.92. The normalized spacial score (nSPS) is 12.5. The molecule has 1 unspecified atom stereocenters. The number of rotatable bonds is 9. The summed E-state index contributed by atoms with van der Waals surface area (Å²) in [6, 6.07) is 13.4. The molecule has 0 aliphatic carbocycles. The van der Waals surface area contributed by atoms with Crippen LogP contribution in [0.1, 0.15) is 45.6 Å². The van der Waals surface area contributed by atoms with Gasteiger partial charge in [0.05, 0.1) is 18.6 Å². The van der Waals surface area contributed by atoms with Crippen LogP contribution in [-0.2, 0) is 14.8 Å². The van der Waals surface area contributed by atoms with Crippen LogP contribution >= 0.6 is 0 Å². The van der Waals surface area contributed by atoms with E-state index in [-0.39, 0.29) is 11.8 Å². The zero-order valence-corrected chi connectivity index (χ0v) is 18.5. The van der Waals surface area contributed by atoms with Gasteiger partial charge >= 0.3 is 0 Å². The van der Waals surface area contributed by atoms with Gasteiger partial charge < -0.3 is 10.1 Å². The third-order valence-electron chi connectivity index (χ3n) is 4.57. The van der Waals surface area contributed by atoms with E-state index in [1.54, 1.807) is 31.2 Å². The maximum absolute atomic E-state index is 13.1. The minimum atomic E-state index is -3.69. The van der Waals surface area contributed by atoms with Crippen LogP contribution in [0.15, 0.2) is 48.5 Å². The van der Waals surface area contributed by atoms with Gasteiger partial charge in [0.15, 0.2) is 0 Å². The first kappa shape index (κ1) is 22.7. The third-order valence-corrected chi connectivity index (χ3v) is 5.75. The van der Waals surface area contributed by atoms with Crippen molar-refractivity contribution in [2.45, 2.75) is 46.1 Å². The molecule has 0 saturated carbocycles. The predicted octanol–water partition coefficient (Wildman–Crippen LogP) is 4.39. The molecule has 158 valence electrons. The van der Waals surface area contributed by atoms with Gasteiger partial charge in [-0.2, -0.15) is 0 Å². The molecule has 0 aliphatic heterocycles. The number of sulfonamides is 1. The minimum Gasteiger partial charge on any atom is -0.494 e. The van der Waals surface area contributed by atoms with Crippen LogP contribution in [0.4, 0.5) is 11.4 Å². The zero-order valence-electron chi connectivity index (χ0n) is 17.7. The Morgan fingerprint density at radius 3 is 2.21 bits per heavy atom. The number of para-hydroxylation sites is 1. The van der Waals surface area contributed by atoms with Crippen LogP contribution < -0.4 is 14.4 Å². The molecule has 29 heavy (non-hydrogen) atoms. The van der Waals surface area contributed by atoms with Gasteiger partial charge in [0.2, 0.25) is 15.9 Å². The van der Waals surface area contributed by atoms with Gasteiger partial charge in [0, 0.05) is 5.69 Å². The summed E-state index contributed by atoms with van der Waals surface area (Å²) < 4.78 is 31.8. The Morgan fingerprint density at radius 1 is 1.07 bits per heavy atom. The second kappa shape index (κ2) is 9.78. The van der Waals surface area contributed by atoms with E-state index in [9.17, 15) is 13.2 Å². The first-order valence-electron chi connectivity index (χ1n) is 9.81. The Bertz CT molecular complexity index is 924. The molecule has 2 aromatic rings. The molecule has 2 rings (SSSR count). The SMILES string of the molecule is CCOc1ccc(N(C(CC)C(=O)Nc2ccccc2C(C)C)S(C)(=O)=O)cc1. The summed E-state index contributed by atoms with van der Waals surface area (Å²) in [4.78, 5) is 13.1. The van der Waals surface area contributed by atoms with E-state index in [0.29, 0.717) is 30.2 Å². The van der Waals surface area contributed by atoms with Crippen LogP contribution in [0.2, 0.25) is 0 Å². The van der Waals surface area contributed by atoms with Gasteiger partial charge in [0.25, 0.3) is 0 Å². The molecule has 0 radical (unpaired) electrons. The average molecular weight is 419 g/mol. The van der Waals surface area contributed by atoms with Crippen molar-refractivity contribution in [1.29, 1.82) is 0 Å². The van der Waals surface area contributed by atoms with Crippen molar-refractivity contribution in [3.63, 3.8) is 0 Å². The largest absolute Gasteiger partial charge is 0.494 e. The molecule has 0 aromatic heterocycles. The predicted molar refractivity (Wildman–Crippen MR) is 118 cm³/mol. The molecule has 2 aromatic carbocycles. The van der Waals surface area contributed by atoms with Crippen molar-refractivity contribution < 1.29 is 17.9 Å². The maximum Gasteiger partial charge on any atom is 0.248 e. The molecule has 0 spiro atoms. The monoisotopic (exact) mass is 418 g/mol. The number of hydrogen-bond donors (Lipinski definition) is 1. The van der Waals surface area contributed by atoms with Crippen LogP contribution in [0.3, 0.4) is 0 Å². The number of nitrogens with zero attached hydrogens (tertiary/aromatic N) is 1. The van der Waals surface area contributed by atoms with Gasteiger partial charge in [-0.3, -0.25) is 9.10 Å². The van der Waals surface area contributed by atoms with Crippen molar-refractivity contribution in [3.8, 4) is 5.75 Å². The Kier molecular flexibility index (Phi) is 7.67. The smallest absolute Gasteiger partial charge is 0.248 e. The number of hydrogen-bond acceptors (Lipinski definition) is 4. The minimum absolute atomic E-state index is 0.226. The van der Waals surface area contributed by atoms with Crippen molar-refractivity contribution in [3.05, 3.63) is 54.1 Å². The Balaban J connectivity index is 2.37. The average Bonchev–Trinajstić information content (AvgIpc) is 2.66. The Labute approximate surface area is 173 Å². The number of ether oxygens (including phenoxy) is 1. The lowest BCUT2D eigenvalue weighted by Crippen LogP contribution is -2.47. The Morgan fingerprint density at radius 2 is 1.69 bits per heavy atom. The maximum atomic E-state index is 13.1. The molecule has 1 N–H and O–H groups in total. The van der Waals surface area contributed by atoms with Crippen molar-refractivity contribution in [2.75, 3.05) is 22.5 Å². The van der Waals surface area contributed by atoms with Gasteiger partial charge in [-0.1, -0.05) is 39.0 Å². The zero-order chi connectivity index (χ0) is 21.6. The number of amides is 1. The fourth-order valence-corrected chi connectivity index (χ4v) is 4.46. The van der Waals surface area contributed by atoms with E-state index >= 15 is 0 Å². The van der Waals surface area contributed by atoms with Gasteiger partial charge in [-0.15, -0.1) is 0 Å². The molecule has 0 bridgehead atoms. The molecule has 0 saturated heterocycles. The van der Waals surface area contributed by atoms with Crippen LogP contribution in [0.5, 0.6) is 5.75 Å². The standard InChI is InChI=1S/C22H30N2O4S/c1-6-21(22(25)23-20-11-9-8-10-19(20)16(3)4)24(29(5,26)27)17-12-14-18(15-13-17)28-7-2/h8-16,21H,6-7H2,1-5H3,(H,23,25). The molecule has 0 heterocycles. The molecule has 1 atom stereocenters. The lowest BCUT2D eigenvalue weighted by atomic mass is 10.0. The Hall–Kier alpha value is -2.54. The van der Waals surface area contributed by atoms with Crippen LogP contribution in [0, 0.1) is 0 Å². The molecule has 1 amide bonds. The summed E-state index contributed by atoms with van der Waals surface area (Å²) in [6.45, 7) is 8.29. The number of carbonyl (C=O) groups excluding carboxylic acids is 1. The van der Waals surface area contributed by atoms with E-state index in [1.807, 2.05) is 45.0 Å². The fraction of sp³-hybridized carbons (Fsp3) is 0.409. The lowest BCUT2D eigenvalue weighted by Gasteiger charge is -2.30. The van der Waals surface area contributed by atoms with E-state index in [1.165, 1.54) is 4.31 Å². The number of carbonyl (C=O) groups is 1. The topological polar surface area (TPSA) is 75.7 Å². The first-order valence-corrected chi connectivity index (χ1v) is 11.7. The van der Waals surface area contributed by atoms with Crippen molar-refractivity contribution in [1.82, 2.24) is 0 Å². The quantitative estimate of drug-likeness (QED) is 0.655. The summed E-state index contributed by atoms with van der Waals surface area (Å²) in [5.74, 6) is 0.511. The molecule has 7 heteroatoms. The van der Waals surface area contributed by atoms with Gasteiger partial charge in [-0.05, 0) is 55.2 Å². The van der Waals surface area contributed by atoms with E-state index in [0.717, 1.165) is 11.8 Å². The van der Waals surface area contributed by atoms with Gasteiger partial charge in [-0.25, -0.2) is 8.42 Å². The highest BCUT2D eigenvalue weighted by atomic mass is 32.2.